The summed E-state index contributed by atoms with van der Waals surface area (Å²) in [4.78, 5) is 24.3. The summed E-state index contributed by atoms with van der Waals surface area (Å²) >= 11 is 2.12. The van der Waals surface area contributed by atoms with Crippen LogP contribution in [0.5, 0.6) is 0 Å². The summed E-state index contributed by atoms with van der Waals surface area (Å²) in [5.74, 6) is -0.343. The van der Waals surface area contributed by atoms with Gasteiger partial charge in [0.2, 0.25) is 0 Å². The Balaban J connectivity index is 2.13. The van der Waals surface area contributed by atoms with Crippen molar-refractivity contribution in [3.63, 3.8) is 0 Å². The Morgan fingerprint density at radius 2 is 2.04 bits per heavy atom. The van der Waals surface area contributed by atoms with E-state index in [2.05, 4.69) is 33.1 Å². The summed E-state index contributed by atoms with van der Waals surface area (Å²) in [6, 6.07) is 11.8. The highest BCUT2D eigenvalue weighted by Gasteiger charge is 2.15. The first kappa shape index (κ1) is 17.9. The number of rotatable bonds is 5. The zero-order valence-corrected chi connectivity index (χ0v) is 15.2. The number of nitrogens with one attached hydrogen (secondary N) is 1. The van der Waals surface area contributed by atoms with Crippen molar-refractivity contribution in [2.45, 2.75) is 0 Å². The largest absolute Gasteiger partial charge is 0.372 e. The van der Waals surface area contributed by atoms with E-state index in [0.717, 1.165) is 3.57 Å². The number of anilines is 1. The standard InChI is InChI=1S/C16H15IN4O3/c1-20(2)14-7-6-11(8-15(14)21(23)24)10-18-19-16(22)12-4-3-5-13(17)9-12/h3-10H,1-2H3,(H,19,22)/b18-10+. The highest BCUT2D eigenvalue weighted by Crippen LogP contribution is 2.27. The van der Waals surface area contributed by atoms with Crippen molar-refractivity contribution in [3.8, 4) is 0 Å². The van der Waals surface area contributed by atoms with Crippen LogP contribution in [0.2, 0.25) is 0 Å². The van der Waals surface area contributed by atoms with Crippen molar-refractivity contribution in [1.82, 2.24) is 5.43 Å². The van der Waals surface area contributed by atoms with E-state index in [4.69, 9.17) is 0 Å². The summed E-state index contributed by atoms with van der Waals surface area (Å²) in [6.45, 7) is 0. The van der Waals surface area contributed by atoms with Gasteiger partial charge in [-0.3, -0.25) is 14.9 Å². The third-order valence-corrected chi connectivity index (χ3v) is 3.82. The molecule has 0 saturated carbocycles. The molecule has 0 radical (unpaired) electrons. The number of nitro groups is 1. The van der Waals surface area contributed by atoms with Gasteiger partial charge in [0.05, 0.1) is 11.1 Å². The van der Waals surface area contributed by atoms with E-state index in [0.29, 0.717) is 16.8 Å². The summed E-state index contributed by atoms with van der Waals surface area (Å²) < 4.78 is 0.944. The Bertz CT molecular complexity index is 806. The fourth-order valence-corrected chi connectivity index (χ4v) is 2.55. The predicted octanol–water partition coefficient (Wildman–Crippen LogP) is 3.03. The molecule has 2 aromatic carbocycles. The zero-order valence-electron chi connectivity index (χ0n) is 13.1. The van der Waals surface area contributed by atoms with Crippen LogP contribution in [0.3, 0.4) is 0 Å². The van der Waals surface area contributed by atoms with Crippen molar-refractivity contribution < 1.29 is 9.72 Å². The van der Waals surface area contributed by atoms with Crippen LogP contribution in [0.25, 0.3) is 0 Å². The lowest BCUT2D eigenvalue weighted by atomic mass is 10.2. The lowest BCUT2D eigenvalue weighted by molar-refractivity contribution is -0.384. The number of nitrogens with zero attached hydrogens (tertiary/aromatic N) is 3. The maximum atomic E-state index is 12.0. The summed E-state index contributed by atoms with van der Waals surface area (Å²) in [5.41, 5.74) is 3.90. The molecule has 0 aliphatic rings. The minimum absolute atomic E-state index is 0.0205. The van der Waals surface area contributed by atoms with Crippen LogP contribution in [0, 0.1) is 13.7 Å². The minimum atomic E-state index is -0.447. The number of halogens is 1. The SMILES string of the molecule is CN(C)c1ccc(/C=N/NC(=O)c2cccc(I)c2)cc1[N+](=O)[O-]. The zero-order chi connectivity index (χ0) is 17.7. The van der Waals surface area contributed by atoms with Crippen LogP contribution in [-0.2, 0) is 0 Å². The van der Waals surface area contributed by atoms with Crippen LogP contribution in [0.15, 0.2) is 47.6 Å². The van der Waals surface area contributed by atoms with Gasteiger partial charge in [-0.25, -0.2) is 5.43 Å². The first-order valence-electron chi connectivity index (χ1n) is 6.93. The molecule has 0 fully saturated rings. The van der Waals surface area contributed by atoms with E-state index >= 15 is 0 Å². The lowest BCUT2D eigenvalue weighted by Gasteiger charge is -2.12. The second-order valence-electron chi connectivity index (χ2n) is 5.11. The van der Waals surface area contributed by atoms with E-state index in [1.54, 1.807) is 49.3 Å². The van der Waals surface area contributed by atoms with Crippen molar-refractivity contribution in [3.05, 3.63) is 67.3 Å². The van der Waals surface area contributed by atoms with Crippen LogP contribution < -0.4 is 10.3 Å². The molecule has 2 rings (SSSR count). The Labute approximate surface area is 152 Å². The molecule has 0 bridgehead atoms. The molecule has 1 amide bonds. The molecule has 0 heterocycles. The van der Waals surface area contributed by atoms with Gasteiger partial charge >= 0.3 is 0 Å². The molecule has 2 aromatic rings. The maximum Gasteiger partial charge on any atom is 0.293 e. The van der Waals surface area contributed by atoms with Crippen LogP contribution in [0.4, 0.5) is 11.4 Å². The number of hydrazone groups is 1. The normalized spacial score (nSPS) is 10.6. The van der Waals surface area contributed by atoms with Gasteiger partial charge in [0.25, 0.3) is 11.6 Å². The fraction of sp³-hybridized carbons (Fsp3) is 0.125. The Morgan fingerprint density at radius 1 is 1.29 bits per heavy atom. The van der Waals surface area contributed by atoms with E-state index in [1.165, 1.54) is 12.3 Å². The van der Waals surface area contributed by atoms with Crippen LogP contribution in [-0.4, -0.2) is 31.1 Å². The van der Waals surface area contributed by atoms with E-state index in [-0.39, 0.29) is 11.6 Å². The van der Waals surface area contributed by atoms with E-state index in [9.17, 15) is 14.9 Å². The molecule has 8 heteroatoms. The smallest absolute Gasteiger partial charge is 0.293 e. The molecule has 0 unspecified atom stereocenters. The van der Waals surface area contributed by atoms with E-state index < -0.39 is 4.92 Å². The number of amides is 1. The number of hydrogen-bond acceptors (Lipinski definition) is 5. The number of hydrogen-bond donors (Lipinski definition) is 1. The third kappa shape index (κ3) is 4.51. The Kier molecular flexibility index (Phi) is 5.85. The molecular weight excluding hydrogens is 423 g/mol. The monoisotopic (exact) mass is 438 g/mol. The van der Waals surface area contributed by atoms with Crippen LogP contribution in [0.1, 0.15) is 15.9 Å². The predicted molar refractivity (Wildman–Crippen MR) is 102 cm³/mol. The number of nitro benzene ring substituents is 1. The molecule has 1 N–H and O–H groups in total. The molecule has 24 heavy (non-hydrogen) atoms. The number of benzene rings is 2. The summed E-state index contributed by atoms with van der Waals surface area (Å²) in [6.07, 6.45) is 1.37. The quantitative estimate of drug-likeness (QED) is 0.337. The summed E-state index contributed by atoms with van der Waals surface area (Å²) in [7, 11) is 3.47. The van der Waals surface area contributed by atoms with Gasteiger partial charge in [0, 0.05) is 34.9 Å². The lowest BCUT2D eigenvalue weighted by Crippen LogP contribution is -2.17. The molecule has 0 atom stereocenters. The van der Waals surface area contributed by atoms with Crippen LogP contribution >= 0.6 is 22.6 Å². The molecule has 7 nitrogen and oxygen atoms in total. The van der Waals surface area contributed by atoms with Gasteiger partial charge < -0.3 is 4.90 Å². The average molecular weight is 438 g/mol. The van der Waals surface area contributed by atoms with Crippen molar-refractivity contribution in [2.75, 3.05) is 19.0 Å². The Hall–Kier alpha value is -2.49. The van der Waals surface area contributed by atoms with Gasteiger partial charge in [0.15, 0.2) is 0 Å². The van der Waals surface area contributed by atoms with Gasteiger partial charge in [0.1, 0.15) is 5.69 Å². The summed E-state index contributed by atoms with van der Waals surface area (Å²) in [5, 5.41) is 15.0. The molecule has 0 spiro atoms. The van der Waals surface area contributed by atoms with Crippen molar-refractivity contribution in [2.24, 2.45) is 5.10 Å². The molecule has 124 valence electrons. The van der Waals surface area contributed by atoms with E-state index in [1.807, 2.05) is 6.07 Å². The van der Waals surface area contributed by atoms with Crippen molar-refractivity contribution >= 4 is 46.1 Å². The number of carbonyl (C=O) groups is 1. The highest BCUT2D eigenvalue weighted by atomic mass is 127. The fourth-order valence-electron chi connectivity index (χ4n) is 2.00. The first-order chi connectivity index (χ1) is 11.4. The highest BCUT2D eigenvalue weighted by molar-refractivity contribution is 14.1. The van der Waals surface area contributed by atoms with Gasteiger partial charge in [-0.15, -0.1) is 0 Å². The average Bonchev–Trinajstić information content (AvgIpc) is 2.54. The molecule has 0 aliphatic carbocycles. The second kappa shape index (κ2) is 7.86. The second-order valence-corrected chi connectivity index (χ2v) is 6.35. The number of carbonyl (C=O) groups excluding carboxylic acids is 1. The van der Waals surface area contributed by atoms with Gasteiger partial charge in [-0.05, 0) is 46.9 Å². The molecule has 0 aromatic heterocycles. The maximum absolute atomic E-state index is 12.0. The van der Waals surface area contributed by atoms with Crippen molar-refractivity contribution in [1.29, 1.82) is 0 Å². The molecule has 0 aliphatic heterocycles. The van der Waals surface area contributed by atoms with Gasteiger partial charge in [-0.2, -0.15) is 5.10 Å². The topological polar surface area (TPSA) is 87.8 Å². The van der Waals surface area contributed by atoms with Gasteiger partial charge in [-0.1, -0.05) is 12.1 Å². The Morgan fingerprint density at radius 3 is 2.67 bits per heavy atom. The molecule has 0 saturated heterocycles. The third-order valence-electron chi connectivity index (χ3n) is 3.14. The minimum Gasteiger partial charge on any atom is -0.372 e. The molecular formula is C16H15IN4O3. The first-order valence-corrected chi connectivity index (χ1v) is 8.01.